The number of nitrogens with one attached hydrogen (secondary N) is 2. The van der Waals surface area contributed by atoms with Gasteiger partial charge in [0.15, 0.2) is 6.29 Å². The van der Waals surface area contributed by atoms with E-state index >= 15 is 0 Å². The van der Waals surface area contributed by atoms with Crippen LogP contribution in [-0.4, -0.2) is 72.9 Å². The molecule has 0 aliphatic carbocycles. The normalized spacial score (nSPS) is 40.8. The monoisotopic (exact) mass is 285 g/mol. The SMILES string of the molecule is CCNC(=O)NC1C2COC(O2)C(N2CCCC2)C1O. The van der Waals surface area contributed by atoms with Gasteiger partial charge in [-0.2, -0.15) is 0 Å². The molecule has 0 aromatic carbocycles. The number of aliphatic hydroxyl groups excluding tert-OH is 1. The first-order valence-electron chi connectivity index (χ1n) is 7.44. The fourth-order valence-electron chi connectivity index (χ4n) is 3.37. The lowest BCUT2D eigenvalue weighted by Gasteiger charge is -2.42. The van der Waals surface area contributed by atoms with Gasteiger partial charge in [-0.15, -0.1) is 0 Å². The molecule has 3 aliphatic rings. The van der Waals surface area contributed by atoms with Gasteiger partial charge in [0.2, 0.25) is 0 Å². The van der Waals surface area contributed by atoms with Crippen molar-refractivity contribution in [3.63, 3.8) is 0 Å². The predicted octanol–water partition coefficient (Wildman–Crippen LogP) is -0.745. The van der Waals surface area contributed by atoms with E-state index in [1.807, 2.05) is 6.92 Å². The third-order valence-corrected chi connectivity index (χ3v) is 4.33. The summed E-state index contributed by atoms with van der Waals surface area (Å²) in [6.45, 7) is 4.72. The van der Waals surface area contributed by atoms with Crippen molar-refractivity contribution in [3.8, 4) is 0 Å². The van der Waals surface area contributed by atoms with Crippen LogP contribution in [0.3, 0.4) is 0 Å². The largest absolute Gasteiger partial charge is 0.389 e. The number of likely N-dealkylation sites (tertiary alicyclic amines) is 1. The summed E-state index contributed by atoms with van der Waals surface area (Å²) < 4.78 is 11.5. The lowest BCUT2D eigenvalue weighted by molar-refractivity contribution is -0.177. The van der Waals surface area contributed by atoms with E-state index in [1.165, 1.54) is 0 Å². The van der Waals surface area contributed by atoms with Crippen LogP contribution in [-0.2, 0) is 9.47 Å². The molecule has 0 aromatic rings. The molecule has 7 heteroatoms. The first-order chi connectivity index (χ1) is 9.70. The molecule has 5 unspecified atom stereocenters. The maximum atomic E-state index is 11.7. The number of rotatable bonds is 3. The summed E-state index contributed by atoms with van der Waals surface area (Å²) in [7, 11) is 0. The molecule has 2 amide bonds. The number of hydrogen-bond donors (Lipinski definition) is 3. The zero-order valence-corrected chi connectivity index (χ0v) is 11.7. The van der Waals surface area contributed by atoms with Crippen LogP contribution in [0.4, 0.5) is 4.79 Å². The van der Waals surface area contributed by atoms with Crippen molar-refractivity contribution in [3.05, 3.63) is 0 Å². The molecular weight excluding hydrogens is 262 g/mol. The molecule has 20 heavy (non-hydrogen) atoms. The Morgan fingerprint density at radius 1 is 1.40 bits per heavy atom. The molecule has 3 N–H and O–H groups in total. The Bertz CT molecular complexity index is 360. The van der Waals surface area contributed by atoms with Crippen LogP contribution in [0.25, 0.3) is 0 Å². The number of carbonyl (C=O) groups is 1. The molecule has 114 valence electrons. The molecule has 7 nitrogen and oxygen atoms in total. The number of ether oxygens (including phenoxy) is 2. The minimum absolute atomic E-state index is 0.192. The molecule has 3 saturated heterocycles. The molecule has 3 heterocycles. The van der Waals surface area contributed by atoms with E-state index < -0.39 is 12.1 Å². The summed E-state index contributed by atoms with van der Waals surface area (Å²) in [6.07, 6.45) is 0.959. The summed E-state index contributed by atoms with van der Waals surface area (Å²) in [5.74, 6) is 0. The van der Waals surface area contributed by atoms with Gasteiger partial charge in [0.05, 0.1) is 24.8 Å². The van der Waals surface area contributed by atoms with E-state index in [0.29, 0.717) is 13.2 Å². The third-order valence-electron chi connectivity index (χ3n) is 4.33. The number of amides is 2. The average Bonchev–Trinajstić information content (AvgIpc) is 3.06. The Balaban J connectivity index is 1.71. The van der Waals surface area contributed by atoms with Crippen molar-refractivity contribution in [2.45, 2.75) is 50.3 Å². The van der Waals surface area contributed by atoms with Crippen molar-refractivity contribution in [1.29, 1.82) is 0 Å². The lowest BCUT2D eigenvalue weighted by atomic mass is 9.95. The van der Waals surface area contributed by atoms with Crippen molar-refractivity contribution in [1.82, 2.24) is 15.5 Å². The molecule has 0 saturated carbocycles. The second-order valence-electron chi connectivity index (χ2n) is 5.63. The van der Waals surface area contributed by atoms with E-state index in [1.54, 1.807) is 0 Å². The summed E-state index contributed by atoms with van der Waals surface area (Å²) in [6, 6.07) is -0.889. The van der Waals surface area contributed by atoms with Crippen molar-refractivity contribution in [2.24, 2.45) is 0 Å². The summed E-state index contributed by atoms with van der Waals surface area (Å²) in [4.78, 5) is 13.9. The number of urea groups is 1. The summed E-state index contributed by atoms with van der Waals surface area (Å²) in [5, 5.41) is 16.1. The van der Waals surface area contributed by atoms with Crippen LogP contribution in [0.1, 0.15) is 19.8 Å². The topological polar surface area (TPSA) is 83.1 Å². The molecule has 3 aliphatic heterocycles. The van der Waals surface area contributed by atoms with E-state index in [0.717, 1.165) is 25.9 Å². The number of carbonyl (C=O) groups excluding carboxylic acids is 1. The highest BCUT2D eigenvalue weighted by Crippen LogP contribution is 2.32. The van der Waals surface area contributed by atoms with Crippen LogP contribution in [0, 0.1) is 0 Å². The quantitative estimate of drug-likeness (QED) is 0.636. The van der Waals surface area contributed by atoms with Crippen LogP contribution < -0.4 is 10.6 Å². The molecule has 3 fully saturated rings. The smallest absolute Gasteiger partial charge is 0.315 e. The second-order valence-corrected chi connectivity index (χ2v) is 5.63. The van der Waals surface area contributed by atoms with Gasteiger partial charge in [0, 0.05) is 6.54 Å². The van der Waals surface area contributed by atoms with E-state index in [9.17, 15) is 9.90 Å². The highest BCUT2D eigenvalue weighted by molar-refractivity contribution is 5.74. The maximum absolute atomic E-state index is 11.7. The Hall–Kier alpha value is -0.890. The zero-order valence-electron chi connectivity index (χ0n) is 11.7. The van der Waals surface area contributed by atoms with Crippen LogP contribution in [0.5, 0.6) is 0 Å². The number of aliphatic hydroxyl groups is 1. The highest BCUT2D eigenvalue weighted by atomic mass is 16.7. The van der Waals surface area contributed by atoms with Gasteiger partial charge in [-0.25, -0.2) is 4.79 Å². The van der Waals surface area contributed by atoms with Crippen LogP contribution >= 0.6 is 0 Å². The molecule has 3 rings (SSSR count). The number of fused-ring (bicyclic) bond motifs is 2. The van der Waals surface area contributed by atoms with Gasteiger partial charge >= 0.3 is 6.03 Å². The third kappa shape index (κ3) is 2.50. The van der Waals surface area contributed by atoms with E-state index in [4.69, 9.17) is 9.47 Å². The number of nitrogens with zero attached hydrogens (tertiary/aromatic N) is 1. The fourth-order valence-corrected chi connectivity index (χ4v) is 3.37. The van der Waals surface area contributed by atoms with Crippen molar-refractivity contribution >= 4 is 6.03 Å². The van der Waals surface area contributed by atoms with Gasteiger partial charge in [-0.05, 0) is 32.9 Å². The first-order valence-corrected chi connectivity index (χ1v) is 7.44. The second kappa shape index (κ2) is 5.85. The van der Waals surface area contributed by atoms with Crippen LogP contribution in [0.15, 0.2) is 0 Å². The lowest BCUT2D eigenvalue weighted by Crippen LogP contribution is -2.65. The zero-order chi connectivity index (χ0) is 14.1. The van der Waals surface area contributed by atoms with E-state index in [-0.39, 0.29) is 24.5 Å². The summed E-state index contributed by atoms with van der Waals surface area (Å²) in [5.41, 5.74) is 0. The van der Waals surface area contributed by atoms with Gasteiger partial charge in [-0.1, -0.05) is 0 Å². The Morgan fingerprint density at radius 3 is 2.85 bits per heavy atom. The first kappa shape index (κ1) is 14.1. The molecule has 5 atom stereocenters. The van der Waals surface area contributed by atoms with E-state index in [2.05, 4.69) is 15.5 Å². The van der Waals surface area contributed by atoms with Crippen LogP contribution in [0.2, 0.25) is 0 Å². The van der Waals surface area contributed by atoms with Gasteiger partial charge < -0.3 is 25.2 Å². The standard InChI is InChI=1S/C13H23N3O4/c1-2-14-13(18)15-9-8-7-19-12(20-8)10(11(9)17)16-5-3-4-6-16/h8-12,17H,2-7H2,1H3,(H2,14,15,18). The minimum Gasteiger partial charge on any atom is -0.389 e. The Kier molecular flexibility index (Phi) is 4.11. The Labute approximate surface area is 118 Å². The molecule has 2 bridgehead atoms. The Morgan fingerprint density at radius 2 is 2.15 bits per heavy atom. The molecule has 0 radical (unpaired) electrons. The predicted molar refractivity (Wildman–Crippen MR) is 71.2 cm³/mol. The fraction of sp³-hybridized carbons (Fsp3) is 0.923. The number of hydrogen-bond acceptors (Lipinski definition) is 5. The van der Waals surface area contributed by atoms with Gasteiger partial charge in [-0.3, -0.25) is 4.90 Å². The summed E-state index contributed by atoms with van der Waals surface area (Å²) >= 11 is 0. The minimum atomic E-state index is -0.665. The molecular formula is C13H23N3O4. The molecule has 0 spiro atoms. The maximum Gasteiger partial charge on any atom is 0.315 e. The van der Waals surface area contributed by atoms with Gasteiger partial charge in [0.1, 0.15) is 6.10 Å². The average molecular weight is 285 g/mol. The van der Waals surface area contributed by atoms with Crippen molar-refractivity contribution < 1.29 is 19.4 Å². The molecule has 0 aromatic heterocycles. The van der Waals surface area contributed by atoms with Gasteiger partial charge in [0.25, 0.3) is 0 Å². The highest BCUT2D eigenvalue weighted by Gasteiger charge is 2.52. The van der Waals surface area contributed by atoms with Crippen molar-refractivity contribution in [2.75, 3.05) is 26.2 Å².